The number of carbonyl (C=O) groups excluding carboxylic acids is 1. The summed E-state index contributed by atoms with van der Waals surface area (Å²) >= 11 is 0. The fraction of sp³-hybridized carbons (Fsp3) is 0.808. The SMILES string of the molecule is CC(=O)NC1CC(N(CCCCS(=O)(=O)[O-])CCCCS(=O)(=O)[O-])CCC1N=Nc1c(C#N)cnn1C1CCC(S(=O)(=O)[O-])CC1.[K+].[K+].[K+]. The Morgan fingerprint density at radius 2 is 1.49 bits per heavy atom. The number of nitrogens with one attached hydrogen (secondary N) is 1. The maximum Gasteiger partial charge on any atom is 1.00 e. The summed E-state index contributed by atoms with van der Waals surface area (Å²) in [5, 5.41) is 24.8. The average Bonchev–Trinajstić information content (AvgIpc) is 3.36. The van der Waals surface area contributed by atoms with Crippen molar-refractivity contribution in [3.8, 4) is 6.07 Å². The second-order valence-corrected chi connectivity index (χ2v) is 16.6. The molecule has 2 fully saturated rings. The molecule has 1 aromatic heterocycles. The second kappa shape index (κ2) is 24.1. The zero-order chi connectivity index (χ0) is 34.1. The molecule has 260 valence electrons. The van der Waals surface area contributed by atoms with Gasteiger partial charge in [0.15, 0.2) is 5.82 Å². The van der Waals surface area contributed by atoms with Gasteiger partial charge in [-0.25, -0.2) is 29.9 Å². The van der Waals surface area contributed by atoms with Crippen LogP contribution in [0.1, 0.15) is 89.2 Å². The number of amides is 1. The monoisotopic (exact) mass is 823 g/mol. The smallest absolute Gasteiger partial charge is 0.748 e. The molecule has 0 radical (unpaired) electrons. The van der Waals surface area contributed by atoms with Crippen molar-refractivity contribution in [2.24, 2.45) is 10.2 Å². The molecule has 1 aromatic rings. The quantitative estimate of drug-likeness (QED) is 0.0704. The molecule has 2 aliphatic rings. The summed E-state index contributed by atoms with van der Waals surface area (Å²) in [5.41, 5.74) is 0.165. The largest absolute Gasteiger partial charge is 1.00 e. The summed E-state index contributed by atoms with van der Waals surface area (Å²) in [5.74, 6) is -1.11. The van der Waals surface area contributed by atoms with Crippen LogP contribution in [0.15, 0.2) is 16.4 Å². The average molecular weight is 824 g/mol. The molecule has 3 rings (SSSR count). The number of rotatable bonds is 16. The van der Waals surface area contributed by atoms with Gasteiger partial charge in [0.2, 0.25) is 5.91 Å². The normalized spacial score (nSPS) is 23.1. The van der Waals surface area contributed by atoms with Gasteiger partial charge in [0, 0.05) is 29.7 Å². The van der Waals surface area contributed by atoms with Crippen molar-refractivity contribution in [1.29, 1.82) is 5.26 Å². The number of azo groups is 1. The molecule has 1 amide bonds. The molecule has 0 saturated heterocycles. The van der Waals surface area contributed by atoms with Crippen LogP contribution in [0.25, 0.3) is 0 Å². The number of nitriles is 1. The number of nitrogens with zero attached hydrogens (tertiary/aromatic N) is 6. The molecule has 0 aliphatic heterocycles. The summed E-state index contributed by atoms with van der Waals surface area (Å²) in [6.45, 7) is 2.21. The van der Waals surface area contributed by atoms with Crippen LogP contribution in [0.4, 0.5) is 5.82 Å². The van der Waals surface area contributed by atoms with E-state index in [-0.39, 0.29) is 209 Å². The summed E-state index contributed by atoms with van der Waals surface area (Å²) in [6, 6.07) is 0.703. The van der Waals surface area contributed by atoms with E-state index in [1.807, 2.05) is 6.07 Å². The summed E-state index contributed by atoms with van der Waals surface area (Å²) in [6.07, 6.45) is 5.00. The van der Waals surface area contributed by atoms with E-state index in [0.717, 1.165) is 0 Å². The Bertz CT molecular complexity index is 1560. The maximum atomic E-state index is 12.1. The van der Waals surface area contributed by atoms with E-state index in [1.54, 1.807) is 0 Å². The van der Waals surface area contributed by atoms with Crippen LogP contribution in [0, 0.1) is 11.3 Å². The second-order valence-electron chi connectivity index (χ2n) is 11.9. The van der Waals surface area contributed by atoms with E-state index in [9.17, 15) is 49.0 Å². The van der Waals surface area contributed by atoms with Crippen LogP contribution in [0.5, 0.6) is 0 Å². The van der Waals surface area contributed by atoms with Gasteiger partial charge >= 0.3 is 154 Å². The molecule has 17 nitrogen and oxygen atoms in total. The first-order valence-corrected chi connectivity index (χ1v) is 19.8. The zero-order valence-electron chi connectivity index (χ0n) is 28.6. The molecule has 1 N–H and O–H groups in total. The van der Waals surface area contributed by atoms with Crippen LogP contribution in [0.3, 0.4) is 0 Å². The van der Waals surface area contributed by atoms with Gasteiger partial charge in [-0.3, -0.25) is 4.79 Å². The minimum Gasteiger partial charge on any atom is -0.748 e. The van der Waals surface area contributed by atoms with E-state index in [2.05, 4.69) is 25.5 Å². The third-order valence-electron chi connectivity index (χ3n) is 8.46. The third-order valence-corrected chi connectivity index (χ3v) is 11.3. The fourth-order valence-electron chi connectivity index (χ4n) is 6.19. The first kappa shape index (κ1) is 51.4. The molecular formula is C26H40K3N7O10S3. The van der Waals surface area contributed by atoms with Crippen LogP contribution < -0.4 is 159 Å². The van der Waals surface area contributed by atoms with Crippen LogP contribution in [-0.2, 0) is 35.1 Å². The molecule has 49 heavy (non-hydrogen) atoms. The van der Waals surface area contributed by atoms with Crippen LogP contribution in [0.2, 0.25) is 0 Å². The standard InChI is InChI=1S/C26H43N7O10S3.3K/c1-19(34)29-25-16-22(32(12-2-4-14-44(35,36)37)13-3-5-15-45(38,39)40)8-11-24(25)30-31-26-20(17-27)18-28-33(26)21-6-9-23(10-7-21)46(41,42)43;;;/h18,21-25H,2-16H2,1H3,(H,29,34)(H,35,36,37)(H,38,39,40)(H,41,42,43);;;/q;3*+1/p-3. The zero-order valence-corrected chi connectivity index (χ0v) is 40.4. The van der Waals surface area contributed by atoms with Gasteiger partial charge in [0.05, 0.1) is 54.7 Å². The van der Waals surface area contributed by atoms with Gasteiger partial charge < -0.3 is 23.9 Å². The maximum absolute atomic E-state index is 12.1. The van der Waals surface area contributed by atoms with E-state index >= 15 is 0 Å². The van der Waals surface area contributed by atoms with E-state index < -0.39 is 59.2 Å². The first-order chi connectivity index (χ1) is 21.5. The summed E-state index contributed by atoms with van der Waals surface area (Å²) in [7, 11) is -13.1. The van der Waals surface area contributed by atoms with Gasteiger partial charge in [0.25, 0.3) is 0 Å². The molecule has 2 saturated carbocycles. The van der Waals surface area contributed by atoms with Crippen molar-refractivity contribution < 1.29 is 198 Å². The molecule has 0 bridgehead atoms. The van der Waals surface area contributed by atoms with Crippen molar-refractivity contribution in [2.45, 2.75) is 107 Å². The van der Waals surface area contributed by atoms with E-state index in [1.165, 1.54) is 17.8 Å². The molecule has 0 aromatic carbocycles. The van der Waals surface area contributed by atoms with E-state index in [0.29, 0.717) is 58.0 Å². The molecular weight excluding hydrogens is 784 g/mol. The number of carbonyl (C=O) groups is 1. The predicted octanol–water partition coefficient (Wildman–Crippen LogP) is -7.74. The Morgan fingerprint density at radius 3 is 1.96 bits per heavy atom. The third kappa shape index (κ3) is 18.7. The van der Waals surface area contributed by atoms with Gasteiger partial charge in [-0.2, -0.15) is 15.5 Å². The molecule has 2 aliphatic carbocycles. The van der Waals surface area contributed by atoms with E-state index in [4.69, 9.17) is 0 Å². The van der Waals surface area contributed by atoms with Crippen molar-refractivity contribution in [3.63, 3.8) is 0 Å². The molecule has 3 atom stereocenters. The van der Waals surface area contributed by atoms with Crippen LogP contribution in [-0.4, -0.2) is 107 Å². The van der Waals surface area contributed by atoms with Crippen molar-refractivity contribution in [3.05, 3.63) is 11.8 Å². The van der Waals surface area contributed by atoms with Crippen molar-refractivity contribution >= 4 is 42.1 Å². The Hall–Kier alpha value is 2.37. The molecule has 0 spiro atoms. The minimum absolute atomic E-state index is 0. The number of aromatic nitrogens is 2. The van der Waals surface area contributed by atoms with Gasteiger partial charge in [-0.15, -0.1) is 5.11 Å². The summed E-state index contributed by atoms with van der Waals surface area (Å²) < 4.78 is 102. The predicted molar refractivity (Wildman–Crippen MR) is 161 cm³/mol. The van der Waals surface area contributed by atoms with Gasteiger partial charge in [-0.05, 0) is 83.7 Å². The molecule has 23 heteroatoms. The fourth-order valence-corrected chi connectivity index (χ4v) is 8.16. The van der Waals surface area contributed by atoms with Gasteiger partial charge in [-0.1, -0.05) is 0 Å². The van der Waals surface area contributed by atoms with Gasteiger partial charge in [0.1, 0.15) is 11.6 Å². The number of hydrogen-bond donors (Lipinski definition) is 1. The Kier molecular flexibility index (Phi) is 25.3. The number of hydrogen-bond acceptors (Lipinski definition) is 15. The number of unbranched alkanes of at least 4 members (excludes halogenated alkanes) is 2. The summed E-state index contributed by atoms with van der Waals surface area (Å²) in [4.78, 5) is 14.2. The van der Waals surface area contributed by atoms with Crippen LogP contribution >= 0.6 is 0 Å². The molecule has 3 unspecified atom stereocenters. The topological polar surface area (TPSA) is 270 Å². The van der Waals surface area contributed by atoms with Crippen molar-refractivity contribution in [1.82, 2.24) is 20.0 Å². The Balaban J connectivity index is 0.00000768. The Labute approximate surface area is 416 Å². The minimum atomic E-state index is -4.40. The Morgan fingerprint density at radius 1 is 0.939 bits per heavy atom. The molecule has 1 heterocycles. The van der Waals surface area contributed by atoms with Crippen molar-refractivity contribution in [2.75, 3.05) is 24.6 Å². The first-order valence-electron chi connectivity index (χ1n) is 15.2.